The molecule has 100 valence electrons. The molecule has 7 nitrogen and oxygen atoms in total. The van der Waals surface area contributed by atoms with Crippen LogP contribution in [0.25, 0.3) is 0 Å². The predicted octanol–water partition coefficient (Wildman–Crippen LogP) is -0.104. The predicted molar refractivity (Wildman–Crippen MR) is 66.1 cm³/mol. The van der Waals surface area contributed by atoms with Crippen LogP contribution in [0.15, 0.2) is 4.42 Å². The molecule has 0 saturated carbocycles. The molecule has 2 N–H and O–H groups in total. The number of anilines is 1. The summed E-state index contributed by atoms with van der Waals surface area (Å²) in [6.45, 7) is 5.56. The van der Waals surface area contributed by atoms with Gasteiger partial charge in [0.1, 0.15) is 0 Å². The largest absolute Gasteiger partial charge is 0.407 e. The summed E-state index contributed by atoms with van der Waals surface area (Å²) in [6.07, 6.45) is 1.53. The zero-order chi connectivity index (χ0) is 12.8. The fourth-order valence-electron chi connectivity index (χ4n) is 1.77. The van der Waals surface area contributed by atoms with Crippen LogP contribution in [0.4, 0.5) is 6.01 Å². The quantitative estimate of drug-likeness (QED) is 0.713. The molecule has 1 fully saturated rings. The van der Waals surface area contributed by atoms with E-state index < -0.39 is 0 Å². The second kappa shape index (κ2) is 6.34. The Balaban J connectivity index is 1.90. The van der Waals surface area contributed by atoms with E-state index in [0.29, 0.717) is 44.5 Å². The van der Waals surface area contributed by atoms with Crippen molar-refractivity contribution in [3.8, 4) is 0 Å². The van der Waals surface area contributed by atoms with E-state index in [0.717, 1.165) is 13.0 Å². The Hall–Kier alpha value is -1.63. The SMILES string of the molecule is CCCNCc1nnc(N2CCNC(=O)CC2)o1. The minimum Gasteiger partial charge on any atom is -0.407 e. The molecule has 1 aliphatic rings. The van der Waals surface area contributed by atoms with Gasteiger partial charge < -0.3 is 20.0 Å². The van der Waals surface area contributed by atoms with E-state index in [2.05, 4.69) is 27.8 Å². The molecule has 0 spiro atoms. The van der Waals surface area contributed by atoms with Crippen molar-refractivity contribution >= 4 is 11.9 Å². The highest BCUT2D eigenvalue weighted by molar-refractivity contribution is 5.76. The number of nitrogens with one attached hydrogen (secondary N) is 2. The van der Waals surface area contributed by atoms with Gasteiger partial charge >= 0.3 is 6.01 Å². The van der Waals surface area contributed by atoms with E-state index in [1.807, 2.05) is 4.90 Å². The highest BCUT2D eigenvalue weighted by Crippen LogP contribution is 2.13. The number of hydrogen-bond donors (Lipinski definition) is 2. The molecule has 1 aromatic rings. The first kappa shape index (κ1) is 12.8. The third-order valence-electron chi connectivity index (χ3n) is 2.74. The van der Waals surface area contributed by atoms with Gasteiger partial charge in [-0.1, -0.05) is 12.0 Å². The van der Waals surface area contributed by atoms with Gasteiger partial charge in [0, 0.05) is 26.1 Å². The van der Waals surface area contributed by atoms with Gasteiger partial charge in [0.05, 0.1) is 6.54 Å². The number of hydrogen-bond acceptors (Lipinski definition) is 6. The fourth-order valence-corrected chi connectivity index (χ4v) is 1.77. The summed E-state index contributed by atoms with van der Waals surface area (Å²) in [6, 6.07) is 0.500. The van der Waals surface area contributed by atoms with E-state index in [4.69, 9.17) is 4.42 Å². The maximum Gasteiger partial charge on any atom is 0.318 e. The van der Waals surface area contributed by atoms with Crippen molar-refractivity contribution < 1.29 is 9.21 Å². The third-order valence-corrected chi connectivity index (χ3v) is 2.74. The summed E-state index contributed by atoms with van der Waals surface area (Å²) in [5.74, 6) is 0.656. The Kier molecular flexibility index (Phi) is 4.52. The molecule has 1 saturated heterocycles. The summed E-state index contributed by atoms with van der Waals surface area (Å²) in [5.41, 5.74) is 0. The van der Waals surface area contributed by atoms with Crippen molar-refractivity contribution in [1.82, 2.24) is 20.8 Å². The van der Waals surface area contributed by atoms with Crippen molar-refractivity contribution in [2.45, 2.75) is 26.3 Å². The van der Waals surface area contributed by atoms with Crippen LogP contribution in [-0.4, -0.2) is 42.3 Å². The summed E-state index contributed by atoms with van der Waals surface area (Å²) < 4.78 is 5.56. The molecule has 1 aliphatic heterocycles. The van der Waals surface area contributed by atoms with E-state index in [-0.39, 0.29) is 5.91 Å². The Labute approximate surface area is 106 Å². The molecule has 0 bridgehead atoms. The van der Waals surface area contributed by atoms with Crippen molar-refractivity contribution in [2.75, 3.05) is 31.1 Å². The van der Waals surface area contributed by atoms with E-state index in [9.17, 15) is 4.79 Å². The Bertz CT molecular complexity index is 393. The van der Waals surface area contributed by atoms with Gasteiger partial charge in [0.2, 0.25) is 11.8 Å². The zero-order valence-corrected chi connectivity index (χ0v) is 10.6. The lowest BCUT2D eigenvalue weighted by atomic mass is 10.4. The van der Waals surface area contributed by atoms with Gasteiger partial charge in [0.25, 0.3) is 0 Å². The van der Waals surface area contributed by atoms with Crippen LogP contribution in [0.1, 0.15) is 25.7 Å². The molecular weight excluding hydrogens is 234 g/mol. The first-order valence-electron chi connectivity index (χ1n) is 6.34. The highest BCUT2D eigenvalue weighted by atomic mass is 16.4. The van der Waals surface area contributed by atoms with Crippen LogP contribution in [0.5, 0.6) is 0 Å². The number of rotatable bonds is 5. The minimum atomic E-state index is 0.0712. The van der Waals surface area contributed by atoms with Crippen LogP contribution in [0.3, 0.4) is 0 Å². The molecule has 2 heterocycles. The first-order chi connectivity index (χ1) is 8.79. The van der Waals surface area contributed by atoms with Crippen molar-refractivity contribution in [2.24, 2.45) is 0 Å². The number of nitrogens with zero attached hydrogens (tertiary/aromatic N) is 3. The average molecular weight is 253 g/mol. The van der Waals surface area contributed by atoms with Gasteiger partial charge in [-0.05, 0) is 13.0 Å². The molecule has 0 unspecified atom stereocenters. The molecule has 0 atom stereocenters. The van der Waals surface area contributed by atoms with E-state index in [1.54, 1.807) is 0 Å². The smallest absolute Gasteiger partial charge is 0.318 e. The molecule has 0 radical (unpaired) electrons. The number of carbonyl (C=O) groups is 1. The molecule has 0 aliphatic carbocycles. The van der Waals surface area contributed by atoms with Crippen LogP contribution in [-0.2, 0) is 11.3 Å². The second-order valence-electron chi connectivity index (χ2n) is 4.24. The molecular formula is C11H19N5O2. The van der Waals surface area contributed by atoms with Crippen LogP contribution < -0.4 is 15.5 Å². The summed E-state index contributed by atoms with van der Waals surface area (Å²) in [4.78, 5) is 13.2. The molecule has 1 aromatic heterocycles. The number of aromatic nitrogens is 2. The normalized spacial score (nSPS) is 16.5. The van der Waals surface area contributed by atoms with Crippen LogP contribution in [0.2, 0.25) is 0 Å². The summed E-state index contributed by atoms with van der Waals surface area (Å²) >= 11 is 0. The highest BCUT2D eigenvalue weighted by Gasteiger charge is 2.18. The van der Waals surface area contributed by atoms with Gasteiger partial charge in [-0.3, -0.25) is 4.79 Å². The monoisotopic (exact) mass is 253 g/mol. The average Bonchev–Trinajstić information content (AvgIpc) is 2.72. The van der Waals surface area contributed by atoms with Gasteiger partial charge in [0.15, 0.2) is 0 Å². The molecule has 18 heavy (non-hydrogen) atoms. The second-order valence-corrected chi connectivity index (χ2v) is 4.24. The Morgan fingerprint density at radius 1 is 1.44 bits per heavy atom. The van der Waals surface area contributed by atoms with Crippen molar-refractivity contribution in [3.05, 3.63) is 5.89 Å². The molecule has 7 heteroatoms. The van der Waals surface area contributed by atoms with Gasteiger partial charge in [-0.15, -0.1) is 5.10 Å². The lowest BCUT2D eigenvalue weighted by Crippen LogP contribution is -2.28. The zero-order valence-electron chi connectivity index (χ0n) is 10.6. The summed E-state index contributed by atoms with van der Waals surface area (Å²) in [5, 5.41) is 14.0. The molecule has 2 rings (SSSR count). The Morgan fingerprint density at radius 3 is 3.17 bits per heavy atom. The van der Waals surface area contributed by atoms with Crippen LogP contribution in [0, 0.1) is 0 Å². The fraction of sp³-hybridized carbons (Fsp3) is 0.727. The topological polar surface area (TPSA) is 83.3 Å². The molecule has 0 aromatic carbocycles. The van der Waals surface area contributed by atoms with Crippen molar-refractivity contribution in [3.63, 3.8) is 0 Å². The molecule has 1 amide bonds. The maximum atomic E-state index is 11.2. The number of amides is 1. The van der Waals surface area contributed by atoms with Crippen LogP contribution >= 0.6 is 0 Å². The minimum absolute atomic E-state index is 0.0712. The first-order valence-corrected chi connectivity index (χ1v) is 6.34. The maximum absolute atomic E-state index is 11.2. The standard InChI is InChI=1S/C11H19N5O2/c1-2-4-12-8-10-14-15-11(18-10)16-6-3-9(17)13-5-7-16/h12H,2-8H2,1H3,(H,13,17). The van der Waals surface area contributed by atoms with E-state index in [1.165, 1.54) is 0 Å². The Morgan fingerprint density at radius 2 is 2.33 bits per heavy atom. The lowest BCUT2D eigenvalue weighted by Gasteiger charge is -2.15. The van der Waals surface area contributed by atoms with Gasteiger partial charge in [-0.2, -0.15) is 0 Å². The van der Waals surface area contributed by atoms with E-state index >= 15 is 0 Å². The number of carbonyl (C=O) groups excluding carboxylic acids is 1. The summed E-state index contributed by atoms with van der Waals surface area (Å²) in [7, 11) is 0. The lowest BCUT2D eigenvalue weighted by molar-refractivity contribution is -0.120. The van der Waals surface area contributed by atoms with Gasteiger partial charge in [-0.25, -0.2) is 0 Å². The third kappa shape index (κ3) is 3.43. The van der Waals surface area contributed by atoms with Crippen molar-refractivity contribution in [1.29, 1.82) is 0 Å².